The molecular formula is C22H23FN2O3S. The molecule has 0 atom stereocenters. The zero-order chi connectivity index (χ0) is 20.3. The van der Waals surface area contributed by atoms with Crippen molar-refractivity contribution in [2.45, 2.75) is 42.0 Å². The maximum Gasteiger partial charge on any atom is 0.236 e. The zero-order valence-corrected chi connectivity index (χ0v) is 16.9. The quantitative estimate of drug-likeness (QED) is 0.570. The molecule has 0 N–H and O–H groups in total. The fraction of sp³-hybridized carbons (Fsp3) is 0.318. The van der Waals surface area contributed by atoms with Crippen LogP contribution in [0.4, 0.5) is 10.3 Å². The third kappa shape index (κ3) is 4.34. The molecule has 2 heterocycles. The Morgan fingerprint density at radius 2 is 1.59 bits per heavy atom. The van der Waals surface area contributed by atoms with E-state index >= 15 is 0 Å². The Morgan fingerprint density at radius 3 is 2.24 bits per heavy atom. The van der Waals surface area contributed by atoms with Crippen molar-refractivity contribution in [3.8, 4) is 0 Å². The number of hydrogen-bond acceptors (Lipinski definition) is 5. The highest BCUT2D eigenvalue weighted by Crippen LogP contribution is 2.33. The van der Waals surface area contributed by atoms with E-state index in [-0.39, 0.29) is 9.92 Å². The van der Waals surface area contributed by atoms with Gasteiger partial charge < -0.3 is 9.32 Å². The van der Waals surface area contributed by atoms with Crippen LogP contribution in [0.15, 0.2) is 68.9 Å². The van der Waals surface area contributed by atoms with Gasteiger partial charge in [0.15, 0.2) is 0 Å². The number of aromatic nitrogens is 1. The average molecular weight is 415 g/mol. The lowest BCUT2D eigenvalue weighted by Gasteiger charge is -2.20. The zero-order valence-electron chi connectivity index (χ0n) is 16.1. The summed E-state index contributed by atoms with van der Waals surface area (Å²) < 4.78 is 45.9. The fourth-order valence-electron chi connectivity index (χ4n) is 3.56. The van der Waals surface area contributed by atoms with Crippen LogP contribution in [0, 0.1) is 5.82 Å². The predicted octanol–water partition coefficient (Wildman–Crippen LogP) is 4.62. The number of anilines is 1. The molecule has 0 amide bonds. The van der Waals surface area contributed by atoms with E-state index < -0.39 is 15.7 Å². The number of oxazole rings is 1. The Morgan fingerprint density at radius 1 is 0.931 bits per heavy atom. The standard InChI is InChI=1S/C22H23FN2O3S/c23-18-10-12-19(13-11-18)29(26,27)21-22(25-14-6-1-2-7-15-25)28-20(24-21)16-17-8-4-3-5-9-17/h3-5,8-13H,1-2,6-7,14-16H2. The minimum Gasteiger partial charge on any atom is -0.423 e. The van der Waals surface area contributed by atoms with Crippen LogP contribution < -0.4 is 4.90 Å². The van der Waals surface area contributed by atoms with Crippen molar-refractivity contribution >= 4 is 15.7 Å². The fourth-order valence-corrected chi connectivity index (χ4v) is 4.90. The van der Waals surface area contributed by atoms with E-state index in [1.165, 1.54) is 12.1 Å². The molecule has 1 fully saturated rings. The van der Waals surface area contributed by atoms with Gasteiger partial charge in [-0.3, -0.25) is 0 Å². The van der Waals surface area contributed by atoms with Crippen molar-refractivity contribution in [1.82, 2.24) is 4.98 Å². The molecule has 1 aliphatic heterocycles. The van der Waals surface area contributed by atoms with Gasteiger partial charge in [-0.1, -0.05) is 43.2 Å². The van der Waals surface area contributed by atoms with Gasteiger partial charge in [0.1, 0.15) is 5.82 Å². The summed E-state index contributed by atoms with van der Waals surface area (Å²) in [5.74, 6) is 0.167. The lowest BCUT2D eigenvalue weighted by atomic mass is 10.2. The van der Waals surface area contributed by atoms with Crippen molar-refractivity contribution in [2.75, 3.05) is 18.0 Å². The van der Waals surface area contributed by atoms with E-state index in [0.29, 0.717) is 18.2 Å². The summed E-state index contributed by atoms with van der Waals surface area (Å²) in [6, 6.07) is 14.5. The van der Waals surface area contributed by atoms with Crippen LogP contribution in [-0.4, -0.2) is 26.5 Å². The lowest BCUT2D eigenvalue weighted by molar-refractivity contribution is 0.493. The largest absolute Gasteiger partial charge is 0.423 e. The number of halogens is 1. The van der Waals surface area contributed by atoms with Gasteiger partial charge in [0.05, 0.1) is 4.90 Å². The summed E-state index contributed by atoms with van der Waals surface area (Å²) in [4.78, 5) is 6.38. The highest BCUT2D eigenvalue weighted by atomic mass is 32.2. The minimum absolute atomic E-state index is 0.00883. The van der Waals surface area contributed by atoms with Gasteiger partial charge in [0.25, 0.3) is 0 Å². The first-order valence-electron chi connectivity index (χ1n) is 9.83. The van der Waals surface area contributed by atoms with Crippen LogP contribution >= 0.6 is 0 Å². The molecule has 1 aliphatic rings. The van der Waals surface area contributed by atoms with Crippen molar-refractivity contribution in [1.29, 1.82) is 0 Å². The molecule has 152 valence electrons. The molecule has 7 heteroatoms. The molecule has 3 aromatic rings. The molecule has 2 aromatic carbocycles. The molecule has 0 aliphatic carbocycles. The summed E-state index contributed by atoms with van der Waals surface area (Å²) >= 11 is 0. The highest BCUT2D eigenvalue weighted by Gasteiger charge is 2.31. The number of sulfone groups is 1. The van der Waals surface area contributed by atoms with Gasteiger partial charge in [0.2, 0.25) is 26.6 Å². The van der Waals surface area contributed by atoms with Crippen LogP contribution in [0.1, 0.15) is 37.1 Å². The van der Waals surface area contributed by atoms with Crippen LogP contribution in [0.25, 0.3) is 0 Å². The molecule has 0 saturated carbocycles. The summed E-state index contributed by atoms with van der Waals surface area (Å²) in [6.45, 7) is 1.46. The third-order valence-corrected chi connectivity index (χ3v) is 6.76. The average Bonchev–Trinajstić information content (AvgIpc) is 2.96. The van der Waals surface area contributed by atoms with Gasteiger partial charge in [-0.15, -0.1) is 0 Å². The van der Waals surface area contributed by atoms with Crippen molar-refractivity contribution in [3.63, 3.8) is 0 Å². The summed E-state index contributed by atoms with van der Waals surface area (Å²) in [5, 5.41) is -0.0862. The smallest absolute Gasteiger partial charge is 0.236 e. The van der Waals surface area contributed by atoms with E-state index in [2.05, 4.69) is 4.98 Å². The van der Waals surface area contributed by atoms with Crippen molar-refractivity contribution < 1.29 is 17.2 Å². The summed E-state index contributed by atoms with van der Waals surface area (Å²) in [7, 11) is -3.93. The third-order valence-electron chi connectivity index (χ3n) is 5.09. The monoisotopic (exact) mass is 414 g/mol. The van der Waals surface area contributed by atoms with Gasteiger partial charge in [-0.2, -0.15) is 4.98 Å². The van der Waals surface area contributed by atoms with Gasteiger partial charge >= 0.3 is 0 Å². The molecule has 0 spiro atoms. The molecule has 0 unspecified atom stereocenters. The molecule has 4 rings (SSSR count). The maximum absolute atomic E-state index is 13.3. The minimum atomic E-state index is -3.93. The topological polar surface area (TPSA) is 63.4 Å². The molecule has 5 nitrogen and oxygen atoms in total. The van der Waals surface area contributed by atoms with Crippen LogP contribution in [-0.2, 0) is 16.3 Å². The maximum atomic E-state index is 13.3. The molecule has 1 saturated heterocycles. The number of nitrogens with zero attached hydrogens (tertiary/aromatic N) is 2. The second-order valence-electron chi connectivity index (χ2n) is 7.24. The Kier molecular flexibility index (Phi) is 5.67. The number of benzene rings is 2. The Bertz CT molecular complexity index is 1060. The number of rotatable bonds is 5. The Hall–Kier alpha value is -2.67. The summed E-state index contributed by atoms with van der Waals surface area (Å²) in [5.41, 5.74) is 0.988. The van der Waals surface area contributed by atoms with Crippen LogP contribution in [0.3, 0.4) is 0 Å². The van der Waals surface area contributed by atoms with E-state index in [0.717, 1.165) is 56.5 Å². The van der Waals surface area contributed by atoms with E-state index in [4.69, 9.17) is 4.42 Å². The molecule has 0 radical (unpaired) electrons. The Labute approximate surface area is 170 Å². The van der Waals surface area contributed by atoms with Crippen molar-refractivity contribution in [3.05, 3.63) is 71.9 Å². The van der Waals surface area contributed by atoms with Crippen molar-refractivity contribution in [2.24, 2.45) is 0 Å². The van der Waals surface area contributed by atoms with Crippen LogP contribution in [0.2, 0.25) is 0 Å². The SMILES string of the molecule is O=S(=O)(c1ccc(F)cc1)c1nc(Cc2ccccc2)oc1N1CCCCCC1. The van der Waals surface area contributed by atoms with E-state index in [1.807, 2.05) is 35.2 Å². The Balaban J connectivity index is 1.76. The number of hydrogen-bond donors (Lipinski definition) is 0. The predicted molar refractivity (Wildman–Crippen MR) is 108 cm³/mol. The van der Waals surface area contributed by atoms with E-state index in [9.17, 15) is 12.8 Å². The van der Waals surface area contributed by atoms with Gasteiger partial charge in [-0.05, 0) is 42.7 Å². The normalized spacial score (nSPS) is 15.3. The second-order valence-corrected chi connectivity index (χ2v) is 9.10. The van der Waals surface area contributed by atoms with Gasteiger partial charge in [-0.25, -0.2) is 12.8 Å². The summed E-state index contributed by atoms with van der Waals surface area (Å²) in [6.07, 6.45) is 4.58. The van der Waals surface area contributed by atoms with Crippen LogP contribution in [0.5, 0.6) is 0 Å². The molecule has 0 bridgehead atoms. The molecular weight excluding hydrogens is 391 g/mol. The second kappa shape index (κ2) is 8.37. The lowest BCUT2D eigenvalue weighted by Crippen LogP contribution is -2.25. The first kappa shape index (κ1) is 19.6. The highest BCUT2D eigenvalue weighted by molar-refractivity contribution is 7.91. The van der Waals surface area contributed by atoms with Gasteiger partial charge in [0, 0.05) is 19.5 Å². The molecule has 29 heavy (non-hydrogen) atoms. The van der Waals surface area contributed by atoms with E-state index in [1.54, 1.807) is 0 Å². The molecule has 1 aromatic heterocycles. The first-order valence-corrected chi connectivity index (χ1v) is 11.3. The first-order chi connectivity index (χ1) is 14.0.